The number of likely N-dealkylation sites (tertiary alicyclic amines) is 1. The highest BCUT2D eigenvalue weighted by atomic mass is 16.7. The van der Waals surface area contributed by atoms with Gasteiger partial charge in [-0.3, -0.25) is 4.79 Å². The molecule has 1 saturated heterocycles. The molecule has 2 aromatic rings. The minimum atomic E-state index is 0.116. The van der Waals surface area contributed by atoms with Crippen LogP contribution in [0.15, 0.2) is 24.3 Å². The van der Waals surface area contributed by atoms with Crippen molar-refractivity contribution in [1.82, 2.24) is 15.1 Å². The summed E-state index contributed by atoms with van der Waals surface area (Å²) in [6.07, 6.45) is 3.12. The summed E-state index contributed by atoms with van der Waals surface area (Å²) in [6, 6.07) is 7.81. The number of piperidine rings is 1. The van der Waals surface area contributed by atoms with Crippen LogP contribution in [-0.4, -0.2) is 61.0 Å². The Morgan fingerprint density at radius 3 is 2.83 bits per heavy atom. The lowest BCUT2D eigenvalue weighted by atomic mass is 9.96. The molecule has 0 saturated carbocycles. The fourth-order valence-electron chi connectivity index (χ4n) is 3.74. The van der Waals surface area contributed by atoms with Crippen LogP contribution in [-0.2, 0) is 4.74 Å². The van der Waals surface area contributed by atoms with E-state index in [4.69, 9.17) is 9.47 Å². The Bertz CT molecular complexity index is 856. The first-order chi connectivity index (χ1) is 14.5. The second kappa shape index (κ2) is 10.5. The van der Waals surface area contributed by atoms with E-state index in [-0.39, 0.29) is 12.7 Å². The van der Waals surface area contributed by atoms with E-state index in [2.05, 4.69) is 47.4 Å². The molecule has 30 heavy (non-hydrogen) atoms. The molecule has 0 spiro atoms. The molecule has 1 fully saturated rings. The molecule has 0 unspecified atom stereocenters. The summed E-state index contributed by atoms with van der Waals surface area (Å²) in [7, 11) is 2.15. The van der Waals surface area contributed by atoms with Crippen LogP contribution in [0.1, 0.15) is 55.5 Å². The molecular weight excluding hydrogens is 380 g/mol. The van der Waals surface area contributed by atoms with Gasteiger partial charge in [-0.05, 0) is 63.0 Å². The quantitative estimate of drug-likeness (QED) is 0.379. The number of nitrogens with one attached hydrogen (secondary N) is 1. The van der Waals surface area contributed by atoms with Gasteiger partial charge < -0.3 is 19.7 Å². The Morgan fingerprint density at radius 1 is 1.30 bits per heavy atom. The topological polar surface area (TPSA) is 76.6 Å². The van der Waals surface area contributed by atoms with Crippen LogP contribution in [0, 0.1) is 0 Å². The molecule has 7 heteroatoms. The molecule has 1 atom stereocenters. The Kier molecular flexibility index (Phi) is 7.76. The summed E-state index contributed by atoms with van der Waals surface area (Å²) in [5.74, 6) is 1.61. The molecule has 7 nitrogen and oxygen atoms in total. The fourth-order valence-corrected chi connectivity index (χ4v) is 3.74. The van der Waals surface area contributed by atoms with Crippen molar-refractivity contribution < 1.29 is 14.3 Å². The maximum absolute atomic E-state index is 11.2. The largest absolute Gasteiger partial charge is 0.467 e. The zero-order valence-electron chi connectivity index (χ0n) is 18.4. The van der Waals surface area contributed by atoms with Crippen LogP contribution in [0.2, 0.25) is 0 Å². The number of hydrogen-bond donors (Lipinski definition) is 1. The standard InChI is InChI=1S/C23H32N4O3/c1-5-29-15-30-21-11-17(14-28)8-9-19(21)23-20(16(2)3)12-22(25-26-23)24-18-7-6-10-27(4)13-18/h8-9,11-12,14,16,18H,5-7,10,13,15H2,1-4H3,(H,24,25)/t18-/m1/s1. The van der Waals surface area contributed by atoms with Crippen molar-refractivity contribution in [2.45, 2.75) is 45.6 Å². The number of benzene rings is 1. The number of ether oxygens (including phenoxy) is 2. The number of nitrogens with zero attached hydrogens (tertiary/aromatic N) is 3. The predicted molar refractivity (Wildman–Crippen MR) is 118 cm³/mol. The number of hydrogen-bond acceptors (Lipinski definition) is 7. The summed E-state index contributed by atoms with van der Waals surface area (Å²) in [4.78, 5) is 13.6. The maximum Gasteiger partial charge on any atom is 0.189 e. The number of aromatic nitrogens is 2. The van der Waals surface area contributed by atoms with E-state index in [0.29, 0.717) is 24.0 Å². The number of rotatable bonds is 9. The number of aldehydes is 1. The van der Waals surface area contributed by atoms with Gasteiger partial charge in [0.15, 0.2) is 6.79 Å². The number of carbonyl (C=O) groups excluding carboxylic acids is 1. The Hall–Kier alpha value is -2.51. The van der Waals surface area contributed by atoms with Gasteiger partial charge in [-0.25, -0.2) is 0 Å². The molecule has 0 amide bonds. The zero-order chi connectivity index (χ0) is 21.5. The van der Waals surface area contributed by atoms with Gasteiger partial charge in [0, 0.05) is 30.3 Å². The summed E-state index contributed by atoms with van der Waals surface area (Å²) < 4.78 is 11.1. The molecule has 1 N–H and O–H groups in total. The van der Waals surface area contributed by atoms with E-state index < -0.39 is 0 Å². The van der Waals surface area contributed by atoms with Crippen molar-refractivity contribution in [1.29, 1.82) is 0 Å². The lowest BCUT2D eigenvalue weighted by Gasteiger charge is -2.30. The van der Waals surface area contributed by atoms with Crippen LogP contribution in [0.3, 0.4) is 0 Å². The van der Waals surface area contributed by atoms with Crippen molar-refractivity contribution in [3.8, 4) is 17.0 Å². The molecular formula is C23H32N4O3. The van der Waals surface area contributed by atoms with E-state index in [1.54, 1.807) is 12.1 Å². The molecule has 1 aliphatic heterocycles. The normalized spacial score (nSPS) is 17.2. The molecule has 1 aromatic carbocycles. The fraction of sp³-hybridized carbons (Fsp3) is 0.522. The van der Waals surface area contributed by atoms with E-state index in [1.807, 2.05) is 13.0 Å². The highest BCUT2D eigenvalue weighted by molar-refractivity contribution is 5.80. The number of likely N-dealkylation sites (N-methyl/N-ethyl adjacent to an activating group) is 1. The van der Waals surface area contributed by atoms with Gasteiger partial charge in [-0.15, -0.1) is 10.2 Å². The van der Waals surface area contributed by atoms with E-state index in [0.717, 1.165) is 48.4 Å². The van der Waals surface area contributed by atoms with Gasteiger partial charge in [0.2, 0.25) is 0 Å². The highest BCUT2D eigenvalue weighted by Crippen LogP contribution is 2.35. The summed E-state index contributed by atoms with van der Waals surface area (Å²) in [5, 5.41) is 12.6. The van der Waals surface area contributed by atoms with E-state index >= 15 is 0 Å². The molecule has 1 aromatic heterocycles. The van der Waals surface area contributed by atoms with Crippen LogP contribution in [0.5, 0.6) is 5.75 Å². The minimum Gasteiger partial charge on any atom is -0.467 e. The lowest BCUT2D eigenvalue weighted by Crippen LogP contribution is -2.40. The summed E-state index contributed by atoms with van der Waals surface area (Å²) in [6.45, 7) is 8.99. The van der Waals surface area contributed by atoms with Crippen molar-refractivity contribution in [2.75, 3.05) is 38.9 Å². The van der Waals surface area contributed by atoms with E-state index in [9.17, 15) is 4.79 Å². The van der Waals surface area contributed by atoms with Gasteiger partial charge in [0.25, 0.3) is 0 Å². The predicted octanol–water partition coefficient (Wildman–Crippen LogP) is 3.96. The Labute approximate surface area is 178 Å². The smallest absolute Gasteiger partial charge is 0.189 e. The van der Waals surface area contributed by atoms with E-state index in [1.165, 1.54) is 6.42 Å². The first kappa shape index (κ1) is 22.2. The Morgan fingerprint density at radius 2 is 2.13 bits per heavy atom. The summed E-state index contributed by atoms with van der Waals surface area (Å²) in [5.41, 5.74) is 3.20. The van der Waals surface area contributed by atoms with Crippen LogP contribution < -0.4 is 10.1 Å². The summed E-state index contributed by atoms with van der Waals surface area (Å²) >= 11 is 0. The van der Waals surface area contributed by atoms with Gasteiger partial charge in [0.05, 0.1) is 0 Å². The van der Waals surface area contributed by atoms with Crippen molar-refractivity contribution in [3.63, 3.8) is 0 Å². The number of anilines is 1. The SMILES string of the molecule is CCOCOc1cc(C=O)ccc1-c1nnc(N[C@@H]2CCCN(C)C2)cc1C(C)C. The first-order valence-electron chi connectivity index (χ1n) is 10.6. The zero-order valence-corrected chi connectivity index (χ0v) is 18.4. The molecule has 0 bridgehead atoms. The highest BCUT2D eigenvalue weighted by Gasteiger charge is 2.20. The molecule has 0 aliphatic carbocycles. The molecule has 1 aliphatic rings. The lowest BCUT2D eigenvalue weighted by molar-refractivity contribution is 0.0227. The average molecular weight is 413 g/mol. The van der Waals surface area contributed by atoms with Crippen LogP contribution >= 0.6 is 0 Å². The molecule has 3 rings (SSSR count). The third-order valence-corrected chi connectivity index (χ3v) is 5.32. The maximum atomic E-state index is 11.2. The molecule has 2 heterocycles. The molecule has 0 radical (unpaired) electrons. The van der Waals surface area contributed by atoms with Crippen molar-refractivity contribution in [2.24, 2.45) is 0 Å². The number of carbonyl (C=O) groups is 1. The third-order valence-electron chi connectivity index (χ3n) is 5.32. The van der Waals surface area contributed by atoms with Gasteiger partial charge in [-0.2, -0.15) is 0 Å². The minimum absolute atomic E-state index is 0.116. The monoisotopic (exact) mass is 412 g/mol. The van der Waals surface area contributed by atoms with Crippen LogP contribution in [0.25, 0.3) is 11.3 Å². The van der Waals surface area contributed by atoms with Crippen molar-refractivity contribution >= 4 is 12.1 Å². The van der Waals surface area contributed by atoms with Gasteiger partial charge in [-0.1, -0.05) is 19.9 Å². The Balaban J connectivity index is 1.92. The van der Waals surface area contributed by atoms with Gasteiger partial charge in [0.1, 0.15) is 23.5 Å². The molecule has 162 valence electrons. The second-order valence-electron chi connectivity index (χ2n) is 8.06. The van der Waals surface area contributed by atoms with Crippen LogP contribution in [0.4, 0.5) is 5.82 Å². The average Bonchev–Trinajstić information content (AvgIpc) is 2.74. The van der Waals surface area contributed by atoms with Gasteiger partial charge >= 0.3 is 0 Å². The second-order valence-corrected chi connectivity index (χ2v) is 8.06. The third kappa shape index (κ3) is 5.55. The van der Waals surface area contributed by atoms with Crippen molar-refractivity contribution in [3.05, 3.63) is 35.4 Å². The first-order valence-corrected chi connectivity index (χ1v) is 10.6.